The van der Waals surface area contributed by atoms with E-state index in [4.69, 9.17) is 0 Å². The summed E-state index contributed by atoms with van der Waals surface area (Å²) >= 11 is 0. The largest absolute Gasteiger partial charge is 0.348 e. The number of aromatic nitrogens is 4. The number of nitrogens with one attached hydrogen (secondary N) is 1. The SMILES string of the molecule is Cn1cncc1-c1nccc(C(=O)NC2CCC(C(F)F)CC2)n1. The summed E-state index contributed by atoms with van der Waals surface area (Å²) in [5, 5.41) is 2.89. The molecule has 1 amide bonds. The van der Waals surface area contributed by atoms with Crippen molar-refractivity contribution in [1.82, 2.24) is 24.8 Å². The number of carbonyl (C=O) groups excluding carboxylic acids is 1. The third kappa shape index (κ3) is 3.58. The van der Waals surface area contributed by atoms with Gasteiger partial charge in [0.25, 0.3) is 5.91 Å². The van der Waals surface area contributed by atoms with Gasteiger partial charge in [0.05, 0.1) is 12.5 Å². The van der Waals surface area contributed by atoms with E-state index in [-0.39, 0.29) is 17.6 Å². The second kappa shape index (κ2) is 7.02. The van der Waals surface area contributed by atoms with Crippen LogP contribution in [0.4, 0.5) is 8.78 Å². The molecule has 1 saturated carbocycles. The number of hydrogen-bond acceptors (Lipinski definition) is 4. The predicted octanol–water partition coefficient (Wildman–Crippen LogP) is 2.43. The van der Waals surface area contributed by atoms with Gasteiger partial charge >= 0.3 is 0 Å². The number of halogens is 2. The van der Waals surface area contributed by atoms with Gasteiger partial charge in [0, 0.05) is 25.2 Å². The molecule has 0 unspecified atom stereocenters. The van der Waals surface area contributed by atoms with Crippen LogP contribution in [0.25, 0.3) is 11.5 Å². The first-order chi connectivity index (χ1) is 11.5. The summed E-state index contributed by atoms with van der Waals surface area (Å²) in [7, 11) is 1.82. The fraction of sp³-hybridized carbons (Fsp3) is 0.500. The van der Waals surface area contributed by atoms with Gasteiger partial charge < -0.3 is 9.88 Å². The molecule has 0 aliphatic heterocycles. The maximum absolute atomic E-state index is 12.7. The van der Waals surface area contributed by atoms with Crippen LogP contribution in [0.5, 0.6) is 0 Å². The zero-order valence-electron chi connectivity index (χ0n) is 13.3. The highest BCUT2D eigenvalue weighted by atomic mass is 19.3. The molecule has 0 bridgehead atoms. The van der Waals surface area contributed by atoms with E-state index in [1.165, 1.54) is 6.20 Å². The molecule has 2 aromatic heterocycles. The highest BCUT2D eigenvalue weighted by molar-refractivity contribution is 5.92. The van der Waals surface area contributed by atoms with Gasteiger partial charge in [-0.2, -0.15) is 0 Å². The first-order valence-corrected chi connectivity index (χ1v) is 7.93. The summed E-state index contributed by atoms with van der Waals surface area (Å²) in [6, 6.07) is 1.46. The van der Waals surface area contributed by atoms with E-state index in [0.717, 1.165) is 0 Å². The van der Waals surface area contributed by atoms with Crippen LogP contribution in [0.3, 0.4) is 0 Å². The standard InChI is InChI=1S/C16H19F2N5O/c1-23-9-19-8-13(23)15-20-7-6-12(22-15)16(24)21-11-4-2-10(3-5-11)14(17)18/h6-11,14H,2-5H2,1H3,(H,21,24). The van der Waals surface area contributed by atoms with Crippen molar-refractivity contribution in [1.29, 1.82) is 0 Å². The minimum Gasteiger partial charge on any atom is -0.348 e. The van der Waals surface area contributed by atoms with E-state index in [0.29, 0.717) is 37.2 Å². The Hall–Kier alpha value is -2.38. The van der Waals surface area contributed by atoms with Crippen LogP contribution < -0.4 is 5.32 Å². The molecular weight excluding hydrogens is 316 g/mol. The number of aryl methyl sites for hydroxylation is 1. The molecule has 0 radical (unpaired) electrons. The van der Waals surface area contributed by atoms with Gasteiger partial charge in [0.2, 0.25) is 6.43 Å². The molecule has 1 fully saturated rings. The quantitative estimate of drug-likeness (QED) is 0.931. The third-order valence-electron chi connectivity index (χ3n) is 4.40. The highest BCUT2D eigenvalue weighted by Gasteiger charge is 2.28. The van der Waals surface area contributed by atoms with Crippen LogP contribution in [0.2, 0.25) is 0 Å². The molecule has 128 valence electrons. The molecule has 8 heteroatoms. The molecule has 1 aliphatic carbocycles. The molecule has 6 nitrogen and oxygen atoms in total. The summed E-state index contributed by atoms with van der Waals surface area (Å²) in [5.41, 5.74) is 0.972. The van der Waals surface area contributed by atoms with Crippen molar-refractivity contribution in [3.8, 4) is 11.5 Å². The Kier molecular flexibility index (Phi) is 4.82. The maximum atomic E-state index is 12.7. The van der Waals surface area contributed by atoms with E-state index >= 15 is 0 Å². The van der Waals surface area contributed by atoms with Crippen LogP contribution in [0.15, 0.2) is 24.8 Å². The van der Waals surface area contributed by atoms with Crippen molar-refractivity contribution in [3.63, 3.8) is 0 Å². The smallest absolute Gasteiger partial charge is 0.270 e. The molecule has 2 aromatic rings. The van der Waals surface area contributed by atoms with Crippen molar-refractivity contribution < 1.29 is 13.6 Å². The Balaban J connectivity index is 1.65. The molecule has 0 atom stereocenters. The van der Waals surface area contributed by atoms with E-state index < -0.39 is 12.3 Å². The first-order valence-electron chi connectivity index (χ1n) is 7.93. The van der Waals surface area contributed by atoms with E-state index in [9.17, 15) is 13.6 Å². The van der Waals surface area contributed by atoms with Crippen LogP contribution in [-0.4, -0.2) is 37.9 Å². The van der Waals surface area contributed by atoms with Crippen LogP contribution in [-0.2, 0) is 7.05 Å². The molecular formula is C16H19F2N5O. The fourth-order valence-electron chi connectivity index (χ4n) is 2.96. The molecule has 3 rings (SSSR count). The molecule has 24 heavy (non-hydrogen) atoms. The van der Waals surface area contributed by atoms with E-state index in [1.54, 1.807) is 23.2 Å². The van der Waals surface area contributed by atoms with Gasteiger partial charge in [-0.05, 0) is 31.7 Å². The molecule has 1 aliphatic rings. The summed E-state index contributed by atoms with van der Waals surface area (Å²) in [6.45, 7) is 0. The van der Waals surface area contributed by atoms with Crippen LogP contribution in [0.1, 0.15) is 36.2 Å². The Morgan fingerprint density at radius 3 is 2.71 bits per heavy atom. The summed E-state index contributed by atoms with van der Waals surface area (Å²) in [6.07, 6.45) is 4.53. The van der Waals surface area contributed by atoms with E-state index in [2.05, 4.69) is 20.3 Å². The third-order valence-corrected chi connectivity index (χ3v) is 4.40. The predicted molar refractivity (Wildman–Crippen MR) is 83.5 cm³/mol. The zero-order chi connectivity index (χ0) is 17.1. The van der Waals surface area contributed by atoms with Crippen molar-refractivity contribution in [3.05, 3.63) is 30.5 Å². The molecule has 0 aromatic carbocycles. The van der Waals surface area contributed by atoms with Gasteiger partial charge in [0.1, 0.15) is 11.4 Å². The van der Waals surface area contributed by atoms with Gasteiger partial charge in [-0.15, -0.1) is 0 Å². The Morgan fingerprint density at radius 1 is 1.33 bits per heavy atom. The zero-order valence-corrected chi connectivity index (χ0v) is 13.3. The lowest BCUT2D eigenvalue weighted by Gasteiger charge is -2.28. The van der Waals surface area contributed by atoms with E-state index in [1.807, 2.05) is 7.05 Å². The lowest BCUT2D eigenvalue weighted by atomic mass is 9.86. The van der Waals surface area contributed by atoms with Gasteiger partial charge in [0.15, 0.2) is 5.82 Å². The number of imidazole rings is 1. The number of rotatable bonds is 4. The van der Waals surface area contributed by atoms with Gasteiger partial charge in [-0.3, -0.25) is 4.79 Å². The minimum atomic E-state index is -2.27. The van der Waals surface area contributed by atoms with Gasteiger partial charge in [-0.1, -0.05) is 0 Å². The van der Waals surface area contributed by atoms with Crippen molar-refractivity contribution >= 4 is 5.91 Å². The monoisotopic (exact) mass is 335 g/mol. The highest BCUT2D eigenvalue weighted by Crippen LogP contribution is 2.29. The van der Waals surface area contributed by atoms with Crippen LogP contribution >= 0.6 is 0 Å². The van der Waals surface area contributed by atoms with Gasteiger partial charge in [-0.25, -0.2) is 23.7 Å². The molecule has 0 spiro atoms. The minimum absolute atomic E-state index is 0.0809. The number of amides is 1. The summed E-state index contributed by atoms with van der Waals surface area (Å²) in [5.74, 6) is -0.431. The second-order valence-electron chi connectivity index (χ2n) is 6.07. The maximum Gasteiger partial charge on any atom is 0.270 e. The number of carbonyl (C=O) groups is 1. The molecule has 2 heterocycles. The van der Waals surface area contributed by atoms with Crippen molar-refractivity contribution in [2.75, 3.05) is 0 Å². The Bertz CT molecular complexity index is 710. The van der Waals surface area contributed by atoms with Crippen molar-refractivity contribution in [2.45, 2.75) is 38.2 Å². The lowest BCUT2D eigenvalue weighted by Crippen LogP contribution is -2.38. The summed E-state index contributed by atoms with van der Waals surface area (Å²) < 4.78 is 27.1. The lowest BCUT2D eigenvalue weighted by molar-refractivity contribution is 0.0499. The number of hydrogen-bond donors (Lipinski definition) is 1. The molecule has 1 N–H and O–H groups in total. The topological polar surface area (TPSA) is 72.7 Å². The van der Waals surface area contributed by atoms with Crippen molar-refractivity contribution in [2.24, 2.45) is 13.0 Å². The Labute approximate surface area is 138 Å². The second-order valence-corrected chi connectivity index (χ2v) is 6.07. The normalized spacial score (nSPS) is 21.0. The number of alkyl halides is 2. The molecule has 0 saturated heterocycles. The average molecular weight is 335 g/mol. The van der Waals surface area contributed by atoms with Crippen LogP contribution in [0, 0.1) is 5.92 Å². The number of nitrogens with zero attached hydrogens (tertiary/aromatic N) is 4. The Morgan fingerprint density at radius 2 is 2.08 bits per heavy atom. The first kappa shape index (κ1) is 16.5. The average Bonchev–Trinajstić information content (AvgIpc) is 3.01. The fourth-order valence-corrected chi connectivity index (χ4v) is 2.96. The summed E-state index contributed by atoms with van der Waals surface area (Å²) in [4.78, 5) is 24.8.